The smallest absolute Gasteiger partial charge is 0.326 e. The van der Waals surface area contributed by atoms with E-state index in [1.165, 1.54) is 12.0 Å². The molecular weight excluding hydrogens is 252 g/mol. The molecular formula is C12H20N2O5. The highest BCUT2D eigenvalue weighted by atomic mass is 16.5. The molecule has 0 aromatic carbocycles. The Morgan fingerprint density at radius 3 is 2.79 bits per heavy atom. The van der Waals surface area contributed by atoms with Crippen molar-refractivity contribution in [3.05, 3.63) is 0 Å². The molecule has 0 aromatic heterocycles. The standard InChI is InChI=1S/C12H20N2O5/c1-19-7-3-4-9(12(17)18)13-10(15)8-14-6-2-5-11(14)16/h9H,2-8H2,1H3,(H,13,15)(H,17,18). The van der Waals surface area contributed by atoms with Crippen LogP contribution in [0.15, 0.2) is 0 Å². The Bertz CT molecular complexity index is 345. The Morgan fingerprint density at radius 1 is 1.53 bits per heavy atom. The predicted molar refractivity (Wildman–Crippen MR) is 66.5 cm³/mol. The second-order valence-corrected chi connectivity index (χ2v) is 4.51. The van der Waals surface area contributed by atoms with Crippen LogP contribution in [0.5, 0.6) is 0 Å². The molecule has 19 heavy (non-hydrogen) atoms. The van der Waals surface area contributed by atoms with Crippen molar-refractivity contribution < 1.29 is 24.2 Å². The van der Waals surface area contributed by atoms with Gasteiger partial charge in [0.25, 0.3) is 0 Å². The van der Waals surface area contributed by atoms with Gasteiger partial charge in [-0.1, -0.05) is 0 Å². The molecule has 7 heteroatoms. The summed E-state index contributed by atoms with van der Waals surface area (Å²) >= 11 is 0. The summed E-state index contributed by atoms with van der Waals surface area (Å²) in [4.78, 5) is 35.5. The summed E-state index contributed by atoms with van der Waals surface area (Å²) in [7, 11) is 1.54. The third-order valence-electron chi connectivity index (χ3n) is 2.98. The van der Waals surface area contributed by atoms with Gasteiger partial charge in [-0.2, -0.15) is 0 Å². The van der Waals surface area contributed by atoms with Gasteiger partial charge in [0.2, 0.25) is 11.8 Å². The number of ether oxygens (including phenoxy) is 1. The fraction of sp³-hybridized carbons (Fsp3) is 0.750. The van der Waals surface area contributed by atoms with Gasteiger partial charge in [-0.3, -0.25) is 9.59 Å². The van der Waals surface area contributed by atoms with E-state index < -0.39 is 17.9 Å². The Labute approximate surface area is 111 Å². The number of carboxylic acids is 1. The van der Waals surface area contributed by atoms with Gasteiger partial charge in [0, 0.05) is 26.7 Å². The van der Waals surface area contributed by atoms with E-state index in [9.17, 15) is 14.4 Å². The van der Waals surface area contributed by atoms with Crippen molar-refractivity contribution in [1.29, 1.82) is 0 Å². The minimum absolute atomic E-state index is 0.0543. The minimum Gasteiger partial charge on any atom is -0.480 e. The van der Waals surface area contributed by atoms with Crippen LogP contribution in [-0.4, -0.2) is 60.6 Å². The van der Waals surface area contributed by atoms with Crippen LogP contribution in [0.25, 0.3) is 0 Å². The summed E-state index contributed by atoms with van der Waals surface area (Å²) < 4.78 is 4.84. The molecule has 1 unspecified atom stereocenters. The van der Waals surface area contributed by atoms with E-state index in [0.29, 0.717) is 32.4 Å². The first kappa shape index (κ1) is 15.4. The zero-order valence-corrected chi connectivity index (χ0v) is 11.1. The lowest BCUT2D eigenvalue weighted by Gasteiger charge is -2.18. The van der Waals surface area contributed by atoms with Crippen molar-refractivity contribution in [2.45, 2.75) is 31.7 Å². The molecule has 1 atom stereocenters. The number of methoxy groups -OCH3 is 1. The molecule has 0 aromatic rings. The van der Waals surface area contributed by atoms with Crippen LogP contribution in [-0.2, 0) is 19.1 Å². The molecule has 1 saturated heterocycles. The average molecular weight is 272 g/mol. The third-order valence-corrected chi connectivity index (χ3v) is 2.98. The second kappa shape index (κ2) is 7.73. The zero-order valence-electron chi connectivity index (χ0n) is 11.1. The lowest BCUT2D eigenvalue weighted by molar-refractivity contribution is -0.142. The lowest BCUT2D eigenvalue weighted by Crippen LogP contribution is -2.45. The molecule has 1 heterocycles. The maximum absolute atomic E-state index is 11.7. The van der Waals surface area contributed by atoms with E-state index >= 15 is 0 Å². The van der Waals surface area contributed by atoms with Crippen molar-refractivity contribution in [3.63, 3.8) is 0 Å². The van der Waals surface area contributed by atoms with Gasteiger partial charge in [-0.05, 0) is 19.3 Å². The summed E-state index contributed by atoms with van der Waals surface area (Å²) in [5.74, 6) is -1.56. The largest absolute Gasteiger partial charge is 0.480 e. The minimum atomic E-state index is -1.07. The van der Waals surface area contributed by atoms with Crippen LogP contribution < -0.4 is 5.32 Å². The normalized spacial score (nSPS) is 16.5. The topological polar surface area (TPSA) is 95.9 Å². The maximum Gasteiger partial charge on any atom is 0.326 e. The van der Waals surface area contributed by atoms with Gasteiger partial charge in [0.1, 0.15) is 6.04 Å². The molecule has 0 saturated carbocycles. The first-order valence-corrected chi connectivity index (χ1v) is 6.33. The monoisotopic (exact) mass is 272 g/mol. The van der Waals surface area contributed by atoms with Crippen LogP contribution in [0.3, 0.4) is 0 Å². The molecule has 1 aliphatic rings. The molecule has 1 aliphatic heterocycles. The summed E-state index contributed by atoms with van der Waals surface area (Å²) in [5, 5.41) is 11.4. The molecule has 1 fully saturated rings. The number of nitrogens with zero attached hydrogens (tertiary/aromatic N) is 1. The predicted octanol–water partition coefficient (Wildman–Crippen LogP) is -0.395. The van der Waals surface area contributed by atoms with Crippen molar-refractivity contribution >= 4 is 17.8 Å². The fourth-order valence-corrected chi connectivity index (χ4v) is 1.97. The molecule has 2 N–H and O–H groups in total. The van der Waals surface area contributed by atoms with Crippen LogP contribution >= 0.6 is 0 Å². The highest BCUT2D eigenvalue weighted by molar-refractivity contribution is 5.88. The Balaban J connectivity index is 2.38. The summed E-state index contributed by atoms with van der Waals surface area (Å²) in [6.45, 7) is 0.949. The molecule has 7 nitrogen and oxygen atoms in total. The van der Waals surface area contributed by atoms with E-state index in [1.54, 1.807) is 0 Å². The van der Waals surface area contributed by atoms with Crippen LogP contribution in [0.1, 0.15) is 25.7 Å². The Hall–Kier alpha value is -1.63. The number of carbonyl (C=O) groups excluding carboxylic acids is 2. The summed E-state index contributed by atoms with van der Waals surface area (Å²) in [6.07, 6.45) is 2.07. The van der Waals surface area contributed by atoms with Gasteiger partial charge in [-0.25, -0.2) is 4.79 Å². The van der Waals surface area contributed by atoms with Crippen molar-refractivity contribution in [2.75, 3.05) is 26.8 Å². The number of nitrogens with one attached hydrogen (secondary N) is 1. The van der Waals surface area contributed by atoms with Crippen molar-refractivity contribution in [1.82, 2.24) is 10.2 Å². The molecule has 2 amide bonds. The first-order chi connectivity index (χ1) is 9.04. The molecule has 1 rings (SSSR count). The van der Waals surface area contributed by atoms with E-state index in [1.807, 2.05) is 0 Å². The molecule has 0 spiro atoms. The number of hydrogen-bond acceptors (Lipinski definition) is 4. The fourth-order valence-electron chi connectivity index (χ4n) is 1.97. The highest BCUT2D eigenvalue weighted by Crippen LogP contribution is 2.08. The maximum atomic E-state index is 11.7. The third kappa shape index (κ3) is 5.25. The van der Waals surface area contributed by atoms with Crippen LogP contribution in [0.4, 0.5) is 0 Å². The van der Waals surface area contributed by atoms with Crippen molar-refractivity contribution in [2.24, 2.45) is 0 Å². The number of carbonyl (C=O) groups is 3. The molecule has 0 radical (unpaired) electrons. The number of amides is 2. The number of aliphatic carboxylic acids is 1. The number of hydrogen-bond donors (Lipinski definition) is 2. The van der Waals surface area contributed by atoms with E-state index in [4.69, 9.17) is 9.84 Å². The number of carboxylic acid groups (broad SMARTS) is 1. The number of likely N-dealkylation sites (tertiary alicyclic amines) is 1. The van der Waals surface area contributed by atoms with E-state index in [-0.39, 0.29) is 12.5 Å². The Morgan fingerprint density at radius 2 is 2.26 bits per heavy atom. The molecule has 108 valence electrons. The van der Waals surface area contributed by atoms with Crippen LogP contribution in [0, 0.1) is 0 Å². The molecule has 0 aliphatic carbocycles. The average Bonchev–Trinajstić information content (AvgIpc) is 2.74. The highest BCUT2D eigenvalue weighted by Gasteiger charge is 2.25. The van der Waals surface area contributed by atoms with E-state index in [2.05, 4.69) is 5.32 Å². The van der Waals surface area contributed by atoms with Crippen LogP contribution in [0.2, 0.25) is 0 Å². The second-order valence-electron chi connectivity index (χ2n) is 4.51. The lowest BCUT2D eigenvalue weighted by atomic mass is 10.1. The number of rotatable bonds is 8. The first-order valence-electron chi connectivity index (χ1n) is 6.33. The molecule has 0 bridgehead atoms. The quantitative estimate of drug-likeness (QED) is 0.586. The zero-order chi connectivity index (χ0) is 14.3. The summed E-state index contributed by atoms with van der Waals surface area (Å²) in [6, 6.07) is -0.930. The summed E-state index contributed by atoms with van der Waals surface area (Å²) in [5.41, 5.74) is 0. The van der Waals surface area contributed by atoms with Gasteiger partial charge in [0.15, 0.2) is 0 Å². The van der Waals surface area contributed by atoms with Gasteiger partial charge < -0.3 is 20.1 Å². The Kier molecular flexibility index (Phi) is 6.27. The van der Waals surface area contributed by atoms with Gasteiger partial charge >= 0.3 is 5.97 Å². The van der Waals surface area contributed by atoms with E-state index in [0.717, 1.165) is 6.42 Å². The van der Waals surface area contributed by atoms with Gasteiger partial charge in [0.05, 0.1) is 6.54 Å². The SMILES string of the molecule is COCCCC(NC(=O)CN1CCCC1=O)C(=O)O. The van der Waals surface area contributed by atoms with Crippen molar-refractivity contribution in [3.8, 4) is 0 Å². The van der Waals surface area contributed by atoms with Gasteiger partial charge in [-0.15, -0.1) is 0 Å².